The topological polar surface area (TPSA) is 35.6 Å². The van der Waals surface area contributed by atoms with Crippen molar-refractivity contribution in [3.63, 3.8) is 0 Å². The summed E-state index contributed by atoms with van der Waals surface area (Å²) in [7, 11) is -3.51. The minimum absolute atomic E-state index is 0.0295. The number of fused-ring (bicyclic) bond motifs is 6. The highest BCUT2D eigenvalue weighted by molar-refractivity contribution is 7.20. The third-order valence-electron chi connectivity index (χ3n) is 11.8. The van der Waals surface area contributed by atoms with Crippen molar-refractivity contribution < 1.29 is 17.8 Å². The first-order valence-corrected chi connectivity index (χ1v) is 22.4. The summed E-state index contributed by atoms with van der Waals surface area (Å²) in [5, 5.41) is 5.39. The van der Waals surface area contributed by atoms with Crippen LogP contribution in [0.3, 0.4) is 0 Å². The zero-order valence-corrected chi connectivity index (χ0v) is 34.4. The fourth-order valence-corrected chi connectivity index (χ4v) is 14.0. The fourth-order valence-electron chi connectivity index (χ4n) is 9.16. The lowest BCUT2D eigenvalue weighted by Crippen LogP contribution is -2.74. The van der Waals surface area contributed by atoms with Crippen LogP contribution in [0.4, 0.5) is 0 Å². The second kappa shape index (κ2) is 15.1. The molecule has 0 fully saturated rings. The molecule has 0 amide bonds. The van der Waals surface area contributed by atoms with Gasteiger partial charge in [-0.05, 0) is 56.1 Å². The van der Waals surface area contributed by atoms with Crippen LogP contribution in [0.1, 0.15) is 17.8 Å². The van der Waals surface area contributed by atoms with Gasteiger partial charge in [0.2, 0.25) is 5.95 Å². The molecular formula is C58H40N4Si. The van der Waals surface area contributed by atoms with E-state index >= 15 is 0 Å². The van der Waals surface area contributed by atoms with Gasteiger partial charge in [0.25, 0.3) is 0 Å². The summed E-state index contributed by atoms with van der Waals surface area (Å²) < 4.78 is 119. The van der Waals surface area contributed by atoms with Crippen molar-refractivity contribution in [2.24, 2.45) is 0 Å². The number of nitrogens with zero attached hydrogens (tertiary/aromatic N) is 4. The lowest BCUT2D eigenvalue weighted by Gasteiger charge is -2.35. The number of benzene rings is 9. The van der Waals surface area contributed by atoms with Crippen molar-refractivity contribution >= 4 is 72.4 Å². The highest BCUT2D eigenvalue weighted by Crippen LogP contribution is 2.35. The molecule has 0 atom stereocenters. The Morgan fingerprint density at radius 3 is 1.48 bits per heavy atom. The normalized spacial score (nSPS) is 14.7. The van der Waals surface area contributed by atoms with Crippen LogP contribution in [0.2, 0.25) is 0 Å². The maximum atomic E-state index is 9.35. The average Bonchev–Trinajstić information content (AvgIpc) is 4.13. The zero-order chi connectivity index (χ0) is 53.1. The van der Waals surface area contributed by atoms with E-state index in [0.29, 0.717) is 44.0 Å². The van der Waals surface area contributed by atoms with Gasteiger partial charge in [-0.15, -0.1) is 0 Å². The molecule has 0 N–H and O–H groups in total. The Balaban J connectivity index is 1.19. The summed E-state index contributed by atoms with van der Waals surface area (Å²) in [5.74, 6) is 0.246. The first kappa shape index (κ1) is 25.6. The van der Waals surface area contributed by atoms with E-state index in [1.165, 1.54) is 0 Å². The largest absolute Gasteiger partial charge is 0.294 e. The van der Waals surface area contributed by atoms with E-state index in [0.717, 1.165) is 20.7 Å². The molecule has 0 radical (unpaired) electrons. The van der Waals surface area contributed by atoms with Gasteiger partial charge in [-0.1, -0.05) is 212 Å². The Morgan fingerprint density at radius 2 is 0.841 bits per heavy atom. The van der Waals surface area contributed by atoms with Crippen LogP contribution in [0.15, 0.2) is 242 Å². The second-order valence-corrected chi connectivity index (χ2v) is 19.0. The molecule has 9 aromatic carbocycles. The Hall–Kier alpha value is -8.12. The third kappa shape index (κ3) is 5.97. The van der Waals surface area contributed by atoms with Gasteiger partial charge in [0, 0.05) is 33.2 Å². The number of hydrogen-bond acceptors (Lipinski definition) is 2. The summed E-state index contributed by atoms with van der Waals surface area (Å²) in [6.07, 6.45) is 0. The Labute approximate surface area is 384 Å². The van der Waals surface area contributed by atoms with Crippen molar-refractivity contribution in [2.45, 2.75) is 0 Å². The molecule has 3 aromatic heterocycles. The smallest absolute Gasteiger partial charge is 0.237 e. The minimum Gasteiger partial charge on any atom is -0.294 e. The van der Waals surface area contributed by atoms with Gasteiger partial charge in [-0.25, -0.2) is 4.98 Å². The molecule has 0 bridgehead atoms. The Morgan fingerprint density at radius 1 is 0.349 bits per heavy atom. The highest BCUT2D eigenvalue weighted by Gasteiger charge is 2.41. The lowest BCUT2D eigenvalue weighted by molar-refractivity contribution is 0.952. The van der Waals surface area contributed by atoms with Crippen LogP contribution in [-0.4, -0.2) is 27.2 Å². The summed E-state index contributed by atoms with van der Waals surface area (Å²) in [6.45, 7) is 0. The lowest BCUT2D eigenvalue weighted by atomic mass is 10.1. The minimum atomic E-state index is -3.51. The van der Waals surface area contributed by atoms with Gasteiger partial charge in [0.15, 0.2) is 8.07 Å². The van der Waals surface area contributed by atoms with Crippen molar-refractivity contribution in [3.8, 4) is 34.2 Å². The maximum Gasteiger partial charge on any atom is 0.237 e. The van der Waals surface area contributed by atoms with Crippen molar-refractivity contribution in [1.82, 2.24) is 19.1 Å². The van der Waals surface area contributed by atoms with E-state index in [1.54, 1.807) is 57.7 Å². The zero-order valence-electron chi connectivity index (χ0n) is 46.4. The van der Waals surface area contributed by atoms with Crippen LogP contribution in [0.5, 0.6) is 0 Å². The first-order valence-electron chi connectivity index (χ1n) is 26.9. The summed E-state index contributed by atoms with van der Waals surface area (Å²) in [4.78, 5) is 10.5. The summed E-state index contributed by atoms with van der Waals surface area (Å²) in [6, 6.07) is 47.2. The van der Waals surface area contributed by atoms with E-state index in [-0.39, 0.29) is 76.0 Å². The van der Waals surface area contributed by atoms with E-state index in [2.05, 4.69) is 36.4 Å². The molecule has 0 saturated heterocycles. The highest BCUT2D eigenvalue weighted by atomic mass is 28.3. The van der Waals surface area contributed by atoms with Crippen molar-refractivity contribution in [1.29, 1.82) is 0 Å². The molecule has 3 heterocycles. The first-order chi connectivity index (χ1) is 36.6. The monoisotopic (exact) mass is 833 g/mol. The molecule has 4 nitrogen and oxygen atoms in total. The van der Waals surface area contributed by atoms with Gasteiger partial charge in [-0.2, -0.15) is 4.98 Å². The van der Waals surface area contributed by atoms with Crippen LogP contribution in [-0.2, 0) is 0 Å². The molecule has 0 aliphatic heterocycles. The SMILES string of the molecule is [2H]c1c([2H])c([2H])c(-c2cccc([Si](c3ccccc3)(c3ccccc3)c3cccc(-c4cc(-n5c6ccccc6c6c([2H])c([2H])c([2H])c([2H])c65)nc(-n5c6ccccc6c6c([2H])c([2H])c([2H])c([2H])c65)n4)c3)c2)c([2H])c1[2H]. The molecular weight excluding hydrogens is 781 g/mol. The van der Waals surface area contributed by atoms with E-state index < -0.39 is 44.3 Å². The molecule has 0 unspecified atom stereocenters. The van der Waals surface area contributed by atoms with E-state index in [9.17, 15) is 2.74 Å². The molecule has 0 spiro atoms. The summed E-state index contributed by atoms with van der Waals surface area (Å²) in [5.41, 5.74) is 2.88. The van der Waals surface area contributed by atoms with E-state index in [1.807, 2.05) is 78.9 Å². The van der Waals surface area contributed by atoms with Gasteiger partial charge in [0.1, 0.15) is 5.82 Å². The fraction of sp³-hybridized carbons (Fsp3) is 0. The Bertz CT molecular complexity index is 4190. The predicted molar refractivity (Wildman–Crippen MR) is 265 cm³/mol. The molecule has 0 aliphatic rings. The van der Waals surface area contributed by atoms with Crippen molar-refractivity contribution in [3.05, 3.63) is 242 Å². The third-order valence-corrected chi connectivity index (χ3v) is 16.6. The molecule has 0 saturated carbocycles. The summed E-state index contributed by atoms with van der Waals surface area (Å²) >= 11 is 0. The molecule has 12 rings (SSSR count). The standard InChI is InChI=1S/C58H40N4Si/c1-4-20-41(21-5-1)42-22-18-28-46(38-42)63(44-24-6-2-7-25-44,45-26-8-3-9-27-45)47-29-19-23-43(39-47)52-40-57(61-53-34-14-10-30-48(53)49-31-11-15-35-54(49)61)60-58(59-52)62-55-36-16-12-32-50(55)51-33-13-17-37-56(51)62/h1-40H/i1D,4D,5D,10D,12D,14D,16D,20D,21D,30D,32D,34D,36D. The van der Waals surface area contributed by atoms with Crippen LogP contribution < -0.4 is 20.7 Å². The predicted octanol–water partition coefficient (Wildman–Crippen LogP) is 11.4. The number of aromatic nitrogens is 4. The van der Waals surface area contributed by atoms with Gasteiger partial charge in [0.05, 0.1) is 45.6 Å². The van der Waals surface area contributed by atoms with Gasteiger partial charge < -0.3 is 0 Å². The number of hydrogen-bond donors (Lipinski definition) is 0. The average molecular weight is 834 g/mol. The quantitative estimate of drug-likeness (QED) is 0.113. The van der Waals surface area contributed by atoms with E-state index in [4.69, 9.17) is 25.0 Å². The van der Waals surface area contributed by atoms with Gasteiger partial charge in [-0.3, -0.25) is 9.13 Å². The molecule has 5 heteroatoms. The molecule has 296 valence electrons. The number of para-hydroxylation sites is 4. The van der Waals surface area contributed by atoms with Crippen molar-refractivity contribution in [2.75, 3.05) is 0 Å². The number of rotatable bonds is 8. The van der Waals surface area contributed by atoms with Crippen LogP contribution >= 0.6 is 0 Å². The second-order valence-electron chi connectivity index (χ2n) is 15.2. The molecule has 0 aliphatic carbocycles. The van der Waals surface area contributed by atoms with Gasteiger partial charge >= 0.3 is 0 Å². The Kier molecular flexibility index (Phi) is 6.14. The molecule has 63 heavy (non-hydrogen) atoms. The van der Waals surface area contributed by atoms with Crippen LogP contribution in [0.25, 0.3) is 77.8 Å². The maximum absolute atomic E-state index is 9.35. The van der Waals surface area contributed by atoms with Crippen LogP contribution in [0, 0.1) is 0 Å². The molecule has 12 aromatic rings.